The van der Waals surface area contributed by atoms with E-state index in [1.165, 1.54) is 0 Å². The molecule has 0 spiro atoms. The van der Waals surface area contributed by atoms with Gasteiger partial charge in [0.2, 0.25) is 0 Å². The standard InChI is InChI=1S/C13H21NO2/c1-4-16-13-8-6-5-7-12(13)11(3)14-10(2)9-15/h5-8,10-11,14-15H,4,9H2,1-3H3/t10-,11?/m1/s1. The van der Waals surface area contributed by atoms with Gasteiger partial charge >= 0.3 is 0 Å². The lowest BCUT2D eigenvalue weighted by atomic mass is 10.1. The fourth-order valence-corrected chi connectivity index (χ4v) is 1.69. The third kappa shape index (κ3) is 3.51. The van der Waals surface area contributed by atoms with E-state index in [4.69, 9.17) is 9.84 Å². The zero-order valence-corrected chi connectivity index (χ0v) is 10.2. The Labute approximate surface area is 97.4 Å². The van der Waals surface area contributed by atoms with E-state index in [0.29, 0.717) is 6.61 Å². The third-order valence-electron chi connectivity index (χ3n) is 2.49. The number of aliphatic hydroxyl groups excluding tert-OH is 1. The maximum absolute atomic E-state index is 9.01. The van der Waals surface area contributed by atoms with Gasteiger partial charge in [-0.1, -0.05) is 18.2 Å². The number of para-hydroxylation sites is 1. The molecule has 3 heteroatoms. The van der Waals surface area contributed by atoms with E-state index in [9.17, 15) is 0 Å². The van der Waals surface area contributed by atoms with Crippen molar-refractivity contribution in [2.24, 2.45) is 0 Å². The average Bonchev–Trinajstić information content (AvgIpc) is 2.30. The van der Waals surface area contributed by atoms with Crippen molar-refractivity contribution >= 4 is 0 Å². The van der Waals surface area contributed by atoms with Crippen LogP contribution in [0.4, 0.5) is 0 Å². The molecule has 0 radical (unpaired) electrons. The lowest BCUT2D eigenvalue weighted by Crippen LogP contribution is -2.31. The van der Waals surface area contributed by atoms with Crippen LogP contribution in [0.1, 0.15) is 32.4 Å². The van der Waals surface area contributed by atoms with Gasteiger partial charge in [0, 0.05) is 17.6 Å². The summed E-state index contributed by atoms with van der Waals surface area (Å²) in [5.74, 6) is 0.912. The van der Waals surface area contributed by atoms with Crippen LogP contribution < -0.4 is 10.1 Å². The number of rotatable bonds is 6. The van der Waals surface area contributed by atoms with Crippen molar-refractivity contribution in [1.29, 1.82) is 0 Å². The van der Waals surface area contributed by atoms with E-state index in [0.717, 1.165) is 11.3 Å². The molecule has 0 aliphatic carbocycles. The maximum atomic E-state index is 9.01. The number of ether oxygens (including phenoxy) is 1. The molecule has 1 aromatic rings. The number of aliphatic hydroxyl groups is 1. The predicted molar refractivity (Wildman–Crippen MR) is 65.7 cm³/mol. The van der Waals surface area contributed by atoms with Crippen molar-refractivity contribution in [2.75, 3.05) is 13.2 Å². The van der Waals surface area contributed by atoms with Crippen LogP contribution in [0.25, 0.3) is 0 Å². The first-order valence-corrected chi connectivity index (χ1v) is 5.77. The van der Waals surface area contributed by atoms with E-state index in [1.54, 1.807) is 0 Å². The Morgan fingerprint density at radius 3 is 2.62 bits per heavy atom. The summed E-state index contributed by atoms with van der Waals surface area (Å²) in [6, 6.07) is 8.25. The minimum atomic E-state index is 0.0877. The fourth-order valence-electron chi connectivity index (χ4n) is 1.69. The molecule has 2 N–H and O–H groups in total. The molecule has 0 bridgehead atoms. The van der Waals surface area contributed by atoms with E-state index >= 15 is 0 Å². The summed E-state index contributed by atoms with van der Waals surface area (Å²) < 4.78 is 5.57. The third-order valence-corrected chi connectivity index (χ3v) is 2.49. The summed E-state index contributed by atoms with van der Waals surface area (Å²) in [6.45, 7) is 6.81. The normalized spacial score (nSPS) is 14.5. The molecule has 1 aromatic carbocycles. The van der Waals surface area contributed by atoms with Crippen LogP contribution in [0.3, 0.4) is 0 Å². The smallest absolute Gasteiger partial charge is 0.124 e. The van der Waals surface area contributed by atoms with E-state index in [2.05, 4.69) is 12.2 Å². The van der Waals surface area contributed by atoms with Gasteiger partial charge in [0.15, 0.2) is 0 Å². The van der Waals surface area contributed by atoms with Crippen LogP contribution >= 0.6 is 0 Å². The molecule has 0 saturated heterocycles. The molecule has 0 saturated carbocycles. The number of hydrogen-bond acceptors (Lipinski definition) is 3. The second kappa shape index (κ2) is 6.51. The molecule has 0 amide bonds. The molecule has 0 aliphatic rings. The van der Waals surface area contributed by atoms with Crippen LogP contribution in [0.2, 0.25) is 0 Å². The average molecular weight is 223 g/mol. The molecule has 0 heterocycles. The number of nitrogens with one attached hydrogen (secondary N) is 1. The summed E-state index contributed by atoms with van der Waals surface area (Å²) >= 11 is 0. The van der Waals surface area contributed by atoms with Gasteiger partial charge in [-0.2, -0.15) is 0 Å². The highest BCUT2D eigenvalue weighted by Crippen LogP contribution is 2.24. The maximum Gasteiger partial charge on any atom is 0.124 e. The molecule has 1 rings (SSSR count). The molecule has 1 unspecified atom stereocenters. The van der Waals surface area contributed by atoms with Crippen LogP contribution in [0.15, 0.2) is 24.3 Å². The van der Waals surface area contributed by atoms with Gasteiger partial charge in [0.1, 0.15) is 5.75 Å². The Balaban J connectivity index is 2.77. The molecular formula is C13H21NO2. The van der Waals surface area contributed by atoms with Gasteiger partial charge in [0.05, 0.1) is 13.2 Å². The van der Waals surface area contributed by atoms with Crippen molar-refractivity contribution in [2.45, 2.75) is 32.9 Å². The lowest BCUT2D eigenvalue weighted by molar-refractivity contribution is 0.241. The van der Waals surface area contributed by atoms with Gasteiger partial charge in [-0.3, -0.25) is 0 Å². The second-order valence-corrected chi connectivity index (χ2v) is 3.94. The largest absolute Gasteiger partial charge is 0.494 e. The minimum Gasteiger partial charge on any atom is -0.494 e. The highest BCUT2D eigenvalue weighted by molar-refractivity contribution is 5.35. The Morgan fingerprint density at radius 2 is 2.00 bits per heavy atom. The summed E-state index contributed by atoms with van der Waals surface area (Å²) in [4.78, 5) is 0. The van der Waals surface area contributed by atoms with Crippen molar-refractivity contribution in [3.8, 4) is 5.75 Å². The first-order chi connectivity index (χ1) is 7.69. The summed E-state index contributed by atoms with van der Waals surface area (Å²) in [5.41, 5.74) is 1.13. The summed E-state index contributed by atoms with van der Waals surface area (Å²) in [5, 5.41) is 12.3. The first-order valence-electron chi connectivity index (χ1n) is 5.77. The van der Waals surface area contributed by atoms with Crippen LogP contribution in [0, 0.1) is 0 Å². The van der Waals surface area contributed by atoms with E-state index < -0.39 is 0 Å². The lowest BCUT2D eigenvalue weighted by Gasteiger charge is -2.21. The van der Waals surface area contributed by atoms with E-state index in [-0.39, 0.29) is 18.7 Å². The zero-order chi connectivity index (χ0) is 12.0. The van der Waals surface area contributed by atoms with Gasteiger partial charge < -0.3 is 15.2 Å². The van der Waals surface area contributed by atoms with E-state index in [1.807, 2.05) is 38.1 Å². The molecule has 90 valence electrons. The molecule has 0 aromatic heterocycles. The van der Waals surface area contributed by atoms with Crippen molar-refractivity contribution in [3.05, 3.63) is 29.8 Å². The Bertz CT molecular complexity index is 315. The first kappa shape index (κ1) is 13.0. The number of hydrogen-bond donors (Lipinski definition) is 2. The minimum absolute atomic E-state index is 0.0877. The number of benzene rings is 1. The zero-order valence-electron chi connectivity index (χ0n) is 10.2. The van der Waals surface area contributed by atoms with Crippen LogP contribution in [0.5, 0.6) is 5.75 Å². The Hall–Kier alpha value is -1.06. The molecule has 0 aliphatic heterocycles. The SMILES string of the molecule is CCOc1ccccc1C(C)N[C@H](C)CO. The molecular weight excluding hydrogens is 202 g/mol. The van der Waals surface area contributed by atoms with Gasteiger partial charge in [-0.05, 0) is 26.8 Å². The molecule has 0 fully saturated rings. The van der Waals surface area contributed by atoms with Gasteiger partial charge in [-0.15, -0.1) is 0 Å². The van der Waals surface area contributed by atoms with Crippen LogP contribution in [-0.2, 0) is 0 Å². The Morgan fingerprint density at radius 1 is 1.31 bits per heavy atom. The highest BCUT2D eigenvalue weighted by Gasteiger charge is 2.12. The highest BCUT2D eigenvalue weighted by atomic mass is 16.5. The van der Waals surface area contributed by atoms with Crippen molar-refractivity contribution in [1.82, 2.24) is 5.32 Å². The quantitative estimate of drug-likeness (QED) is 0.776. The van der Waals surface area contributed by atoms with Crippen molar-refractivity contribution in [3.63, 3.8) is 0 Å². The summed E-state index contributed by atoms with van der Waals surface area (Å²) in [6.07, 6.45) is 0. The van der Waals surface area contributed by atoms with Crippen LogP contribution in [-0.4, -0.2) is 24.4 Å². The second-order valence-electron chi connectivity index (χ2n) is 3.94. The summed E-state index contributed by atoms with van der Waals surface area (Å²) in [7, 11) is 0. The predicted octanol–water partition coefficient (Wildman–Crippen LogP) is 2.12. The Kier molecular flexibility index (Phi) is 5.29. The topological polar surface area (TPSA) is 41.5 Å². The van der Waals surface area contributed by atoms with Crippen molar-refractivity contribution < 1.29 is 9.84 Å². The fraction of sp³-hybridized carbons (Fsp3) is 0.538. The van der Waals surface area contributed by atoms with Gasteiger partial charge in [0.25, 0.3) is 0 Å². The molecule has 3 nitrogen and oxygen atoms in total. The molecule has 2 atom stereocenters. The van der Waals surface area contributed by atoms with Gasteiger partial charge in [-0.25, -0.2) is 0 Å². The molecule has 16 heavy (non-hydrogen) atoms. The monoisotopic (exact) mass is 223 g/mol.